The van der Waals surface area contributed by atoms with E-state index in [4.69, 9.17) is 18.9 Å². The lowest BCUT2D eigenvalue weighted by Crippen LogP contribution is -2.49. The van der Waals surface area contributed by atoms with E-state index in [9.17, 15) is 4.79 Å². The number of carbonyl (C=O) groups excluding carboxylic acids is 1. The minimum Gasteiger partial charge on any atom is -0.463 e. The maximum atomic E-state index is 12.4. The third kappa shape index (κ3) is 7.52. The Labute approximate surface area is 201 Å². The Kier molecular flexibility index (Phi) is 9.26. The number of ether oxygens (including phenoxy) is 4. The first-order valence-electron chi connectivity index (χ1n) is 11.9. The van der Waals surface area contributed by atoms with E-state index >= 15 is 0 Å². The molecule has 5 nitrogen and oxygen atoms in total. The summed E-state index contributed by atoms with van der Waals surface area (Å²) in [7, 11) is 0. The van der Waals surface area contributed by atoms with Crippen LogP contribution < -0.4 is 0 Å². The van der Waals surface area contributed by atoms with Crippen LogP contribution in [-0.2, 0) is 43.4 Å². The predicted octanol–water partition coefficient (Wildman–Crippen LogP) is 5.12. The van der Waals surface area contributed by atoms with Gasteiger partial charge in [0.2, 0.25) is 0 Å². The third-order valence-electron chi connectivity index (χ3n) is 5.93. The van der Waals surface area contributed by atoms with Gasteiger partial charge in [0.25, 0.3) is 0 Å². The van der Waals surface area contributed by atoms with Gasteiger partial charge in [-0.05, 0) is 29.5 Å². The van der Waals surface area contributed by atoms with E-state index < -0.39 is 0 Å². The Morgan fingerprint density at radius 1 is 0.765 bits per heavy atom. The second-order valence-electron chi connectivity index (χ2n) is 8.46. The molecule has 3 atom stereocenters. The standard InChI is InChI=1S/C29H32O5/c30-28(17-16-23-10-4-1-5-11-23)33-22-27-29(34-21-25-14-8-3-9-15-25)26(18-19-31-27)32-20-24-12-6-2-7-13-24/h1-15,26-27,29H,16-22H2. The summed E-state index contributed by atoms with van der Waals surface area (Å²) in [6.45, 7) is 1.63. The highest BCUT2D eigenvalue weighted by Gasteiger charge is 2.37. The van der Waals surface area contributed by atoms with E-state index in [2.05, 4.69) is 0 Å². The van der Waals surface area contributed by atoms with Crippen LogP contribution in [-0.4, -0.2) is 37.5 Å². The van der Waals surface area contributed by atoms with E-state index in [1.165, 1.54) is 0 Å². The molecule has 1 aliphatic heterocycles. The molecule has 1 saturated heterocycles. The largest absolute Gasteiger partial charge is 0.463 e. The van der Waals surface area contributed by atoms with E-state index in [1.54, 1.807) is 0 Å². The number of hydrogen-bond donors (Lipinski definition) is 0. The molecule has 0 amide bonds. The van der Waals surface area contributed by atoms with Crippen LogP contribution >= 0.6 is 0 Å². The van der Waals surface area contributed by atoms with Gasteiger partial charge in [-0.1, -0.05) is 91.0 Å². The number of hydrogen-bond acceptors (Lipinski definition) is 5. The maximum Gasteiger partial charge on any atom is 0.306 e. The minimum absolute atomic E-state index is 0.148. The third-order valence-corrected chi connectivity index (χ3v) is 5.93. The van der Waals surface area contributed by atoms with Gasteiger partial charge >= 0.3 is 5.97 Å². The Morgan fingerprint density at radius 3 is 1.94 bits per heavy atom. The molecular weight excluding hydrogens is 428 g/mol. The van der Waals surface area contributed by atoms with Crippen molar-refractivity contribution in [1.82, 2.24) is 0 Å². The average Bonchev–Trinajstić information content (AvgIpc) is 2.90. The Hall–Kier alpha value is -2.99. The highest BCUT2D eigenvalue weighted by molar-refractivity contribution is 5.69. The summed E-state index contributed by atoms with van der Waals surface area (Å²) in [6.07, 6.45) is 0.858. The van der Waals surface area contributed by atoms with E-state index in [0.29, 0.717) is 32.7 Å². The van der Waals surface area contributed by atoms with Crippen LogP contribution in [0.25, 0.3) is 0 Å². The van der Waals surface area contributed by atoms with Gasteiger partial charge in [0.05, 0.1) is 19.3 Å². The number of rotatable bonds is 11. The summed E-state index contributed by atoms with van der Waals surface area (Å²) in [5, 5.41) is 0. The van der Waals surface area contributed by atoms with Gasteiger partial charge in [0, 0.05) is 13.0 Å². The van der Waals surface area contributed by atoms with E-state index in [-0.39, 0.29) is 30.9 Å². The number of benzene rings is 3. The molecule has 1 aliphatic rings. The lowest BCUT2D eigenvalue weighted by molar-refractivity contribution is -0.198. The molecule has 0 saturated carbocycles. The van der Waals surface area contributed by atoms with Gasteiger partial charge in [-0.15, -0.1) is 0 Å². The quantitative estimate of drug-likeness (QED) is 0.372. The van der Waals surface area contributed by atoms with Crippen LogP contribution in [0.15, 0.2) is 91.0 Å². The Morgan fingerprint density at radius 2 is 1.32 bits per heavy atom. The summed E-state index contributed by atoms with van der Waals surface area (Å²) in [4.78, 5) is 12.4. The summed E-state index contributed by atoms with van der Waals surface area (Å²) in [6, 6.07) is 30.1. The van der Waals surface area contributed by atoms with Crippen molar-refractivity contribution < 1.29 is 23.7 Å². The summed E-state index contributed by atoms with van der Waals surface area (Å²) in [5.41, 5.74) is 3.31. The highest BCUT2D eigenvalue weighted by atomic mass is 16.6. The SMILES string of the molecule is O=C(CCc1ccccc1)OCC1OCCC(OCc2ccccc2)C1OCc1ccccc1. The first kappa shape index (κ1) is 24.1. The first-order valence-corrected chi connectivity index (χ1v) is 11.9. The zero-order chi connectivity index (χ0) is 23.4. The second-order valence-corrected chi connectivity index (χ2v) is 8.46. The zero-order valence-corrected chi connectivity index (χ0v) is 19.4. The number of aryl methyl sites for hydroxylation is 1. The maximum absolute atomic E-state index is 12.4. The van der Waals surface area contributed by atoms with Gasteiger partial charge in [0.1, 0.15) is 18.8 Å². The molecule has 0 bridgehead atoms. The molecule has 4 rings (SSSR count). The summed E-state index contributed by atoms with van der Waals surface area (Å²) < 4.78 is 24.2. The minimum atomic E-state index is -0.376. The molecule has 3 aromatic carbocycles. The zero-order valence-electron chi connectivity index (χ0n) is 19.4. The second kappa shape index (κ2) is 13.0. The van der Waals surface area contributed by atoms with Crippen molar-refractivity contribution in [3.63, 3.8) is 0 Å². The van der Waals surface area contributed by atoms with E-state index in [0.717, 1.165) is 23.1 Å². The summed E-state index contributed by atoms with van der Waals surface area (Å²) >= 11 is 0. The molecule has 0 aromatic heterocycles. The fourth-order valence-corrected chi connectivity index (χ4v) is 4.05. The molecule has 0 aliphatic carbocycles. The van der Waals surface area contributed by atoms with Crippen LogP contribution in [0.2, 0.25) is 0 Å². The van der Waals surface area contributed by atoms with Gasteiger partial charge in [-0.3, -0.25) is 4.79 Å². The molecule has 178 valence electrons. The molecule has 34 heavy (non-hydrogen) atoms. The van der Waals surface area contributed by atoms with Gasteiger partial charge < -0.3 is 18.9 Å². The molecule has 0 spiro atoms. The normalized spacial score (nSPS) is 20.1. The van der Waals surface area contributed by atoms with Crippen molar-refractivity contribution >= 4 is 5.97 Å². The topological polar surface area (TPSA) is 54.0 Å². The van der Waals surface area contributed by atoms with Crippen molar-refractivity contribution in [3.05, 3.63) is 108 Å². The van der Waals surface area contributed by atoms with E-state index in [1.807, 2.05) is 91.0 Å². The van der Waals surface area contributed by atoms with Crippen LogP contribution in [0.4, 0.5) is 0 Å². The molecule has 3 aromatic rings. The molecule has 1 fully saturated rings. The fourth-order valence-electron chi connectivity index (χ4n) is 4.05. The van der Waals surface area contributed by atoms with Crippen molar-refractivity contribution in [2.45, 2.75) is 50.8 Å². The fraction of sp³-hybridized carbons (Fsp3) is 0.345. The van der Waals surface area contributed by atoms with Crippen LogP contribution in [0, 0.1) is 0 Å². The van der Waals surface area contributed by atoms with Crippen LogP contribution in [0.5, 0.6) is 0 Å². The van der Waals surface area contributed by atoms with Gasteiger partial charge in [-0.25, -0.2) is 0 Å². The predicted molar refractivity (Wildman–Crippen MR) is 130 cm³/mol. The van der Waals surface area contributed by atoms with Gasteiger partial charge in [-0.2, -0.15) is 0 Å². The lowest BCUT2D eigenvalue weighted by Gasteiger charge is -2.37. The van der Waals surface area contributed by atoms with Crippen LogP contribution in [0.3, 0.4) is 0 Å². The summed E-state index contributed by atoms with van der Waals surface area (Å²) in [5.74, 6) is -0.235. The monoisotopic (exact) mass is 460 g/mol. The average molecular weight is 461 g/mol. The number of carbonyl (C=O) groups is 1. The smallest absolute Gasteiger partial charge is 0.306 e. The Balaban J connectivity index is 1.34. The molecular formula is C29H32O5. The van der Waals surface area contributed by atoms with Crippen molar-refractivity contribution in [2.24, 2.45) is 0 Å². The van der Waals surface area contributed by atoms with Crippen molar-refractivity contribution in [1.29, 1.82) is 0 Å². The molecule has 0 N–H and O–H groups in total. The Bertz CT molecular complexity index is 977. The number of esters is 1. The molecule has 5 heteroatoms. The van der Waals surface area contributed by atoms with Crippen molar-refractivity contribution in [3.8, 4) is 0 Å². The van der Waals surface area contributed by atoms with Crippen molar-refractivity contribution in [2.75, 3.05) is 13.2 Å². The molecule has 3 unspecified atom stereocenters. The highest BCUT2D eigenvalue weighted by Crippen LogP contribution is 2.24. The first-order chi connectivity index (χ1) is 16.8. The lowest BCUT2D eigenvalue weighted by atomic mass is 10.0. The molecule has 1 heterocycles. The molecule has 0 radical (unpaired) electrons. The van der Waals surface area contributed by atoms with Crippen LogP contribution in [0.1, 0.15) is 29.5 Å². The van der Waals surface area contributed by atoms with Gasteiger partial charge in [0.15, 0.2) is 0 Å².